The molecule has 1 fully saturated rings. The van der Waals surface area contributed by atoms with Crippen molar-refractivity contribution in [3.05, 3.63) is 29.8 Å². The van der Waals surface area contributed by atoms with Gasteiger partial charge in [0.2, 0.25) is 0 Å². The Kier molecular flexibility index (Phi) is 7.43. The van der Waals surface area contributed by atoms with Gasteiger partial charge in [-0.3, -0.25) is 0 Å². The lowest BCUT2D eigenvalue weighted by Gasteiger charge is -2.32. The molecular weight excluding hydrogens is 328 g/mol. The molecule has 0 aromatic heterocycles. The number of nitrogens with zero attached hydrogens (tertiary/aromatic N) is 1. The fourth-order valence-electron chi connectivity index (χ4n) is 3.22. The van der Waals surface area contributed by atoms with Crippen LogP contribution in [0.2, 0.25) is 0 Å². The number of benzene rings is 1. The number of nitrogens with one attached hydrogen (secondary N) is 2. The maximum absolute atomic E-state index is 12.6. The van der Waals surface area contributed by atoms with Crippen LogP contribution in [0.4, 0.5) is 13.6 Å². The van der Waals surface area contributed by atoms with E-state index >= 15 is 0 Å². The summed E-state index contributed by atoms with van der Waals surface area (Å²) in [4.78, 5) is 14.7. The standard InChI is InChI=1S/C18H27F2N3O2/c1-3-15(14-9-5-6-10-16(14)25-17(19)20)22-18(24)21-13-8-7-11-23(4-2)12-13/h5-6,9-10,13,15,17H,3-4,7-8,11-12H2,1-2H3,(H2,21,22,24)/t13-,15+/m0/s1. The Morgan fingerprint density at radius 2 is 2.12 bits per heavy atom. The Labute approximate surface area is 147 Å². The minimum atomic E-state index is -2.89. The van der Waals surface area contributed by atoms with Crippen LogP contribution in [-0.4, -0.2) is 43.2 Å². The van der Waals surface area contributed by atoms with Gasteiger partial charge in [-0.25, -0.2) is 4.79 Å². The SMILES string of the molecule is CC[C@@H](NC(=O)N[C@H]1CCCN(CC)C1)c1ccccc1OC(F)F. The molecule has 0 radical (unpaired) electrons. The van der Waals surface area contributed by atoms with E-state index in [0.29, 0.717) is 12.0 Å². The molecule has 1 heterocycles. The summed E-state index contributed by atoms with van der Waals surface area (Å²) in [6, 6.07) is 6.02. The number of para-hydroxylation sites is 1. The van der Waals surface area contributed by atoms with Gasteiger partial charge in [0.25, 0.3) is 0 Å². The maximum atomic E-state index is 12.6. The number of halogens is 2. The molecule has 0 spiro atoms. The summed E-state index contributed by atoms with van der Waals surface area (Å²) in [5, 5.41) is 5.88. The minimum absolute atomic E-state index is 0.0967. The monoisotopic (exact) mass is 355 g/mol. The Balaban J connectivity index is 1.98. The summed E-state index contributed by atoms with van der Waals surface area (Å²) in [6.45, 7) is 3.97. The highest BCUT2D eigenvalue weighted by Gasteiger charge is 2.23. The second kappa shape index (κ2) is 9.56. The summed E-state index contributed by atoms with van der Waals surface area (Å²) in [6.07, 6.45) is 2.58. The summed E-state index contributed by atoms with van der Waals surface area (Å²) in [5.74, 6) is 0.0967. The zero-order chi connectivity index (χ0) is 18.2. The van der Waals surface area contributed by atoms with E-state index in [1.807, 2.05) is 6.92 Å². The molecule has 25 heavy (non-hydrogen) atoms. The van der Waals surface area contributed by atoms with Crippen molar-refractivity contribution in [2.24, 2.45) is 0 Å². The van der Waals surface area contributed by atoms with E-state index < -0.39 is 6.61 Å². The Morgan fingerprint density at radius 1 is 1.36 bits per heavy atom. The quantitative estimate of drug-likeness (QED) is 0.787. The topological polar surface area (TPSA) is 53.6 Å². The number of amides is 2. The fraction of sp³-hybridized carbons (Fsp3) is 0.611. The first-order valence-corrected chi connectivity index (χ1v) is 8.86. The molecule has 7 heteroatoms. The number of carbonyl (C=O) groups is 1. The van der Waals surface area contributed by atoms with Crippen LogP contribution in [0, 0.1) is 0 Å². The van der Waals surface area contributed by atoms with Crippen molar-refractivity contribution < 1.29 is 18.3 Å². The average Bonchev–Trinajstić information content (AvgIpc) is 2.60. The van der Waals surface area contributed by atoms with Crippen molar-refractivity contribution in [3.63, 3.8) is 0 Å². The number of urea groups is 1. The molecule has 2 N–H and O–H groups in total. The highest BCUT2D eigenvalue weighted by molar-refractivity contribution is 5.75. The number of hydrogen-bond donors (Lipinski definition) is 2. The summed E-state index contributed by atoms with van der Waals surface area (Å²) in [5.41, 5.74) is 0.555. The molecule has 1 aromatic carbocycles. The lowest BCUT2D eigenvalue weighted by molar-refractivity contribution is -0.0506. The van der Waals surface area contributed by atoms with Gasteiger partial charge < -0.3 is 20.3 Å². The van der Waals surface area contributed by atoms with Crippen molar-refractivity contribution >= 4 is 6.03 Å². The summed E-state index contributed by atoms with van der Waals surface area (Å²) in [7, 11) is 0. The van der Waals surface area contributed by atoms with Gasteiger partial charge in [0.05, 0.1) is 6.04 Å². The molecule has 2 rings (SSSR count). The minimum Gasteiger partial charge on any atom is -0.434 e. The van der Waals surface area contributed by atoms with Crippen LogP contribution < -0.4 is 15.4 Å². The van der Waals surface area contributed by atoms with Gasteiger partial charge >= 0.3 is 12.6 Å². The first-order chi connectivity index (χ1) is 12.0. The van der Waals surface area contributed by atoms with Gasteiger partial charge in [-0.15, -0.1) is 0 Å². The molecule has 2 atom stereocenters. The molecule has 5 nitrogen and oxygen atoms in total. The van der Waals surface area contributed by atoms with E-state index in [4.69, 9.17) is 0 Å². The first-order valence-electron chi connectivity index (χ1n) is 8.86. The number of alkyl halides is 2. The van der Waals surface area contributed by atoms with E-state index in [2.05, 4.69) is 27.2 Å². The van der Waals surface area contributed by atoms with E-state index in [9.17, 15) is 13.6 Å². The van der Waals surface area contributed by atoms with Crippen LogP contribution in [-0.2, 0) is 0 Å². The number of likely N-dealkylation sites (N-methyl/N-ethyl adjacent to an activating group) is 1. The van der Waals surface area contributed by atoms with Crippen LogP contribution >= 0.6 is 0 Å². The molecule has 0 saturated carbocycles. The molecule has 0 unspecified atom stereocenters. The van der Waals surface area contributed by atoms with Gasteiger partial charge in [0, 0.05) is 18.2 Å². The molecule has 1 aliphatic heterocycles. The number of piperidine rings is 1. The van der Waals surface area contributed by atoms with Crippen molar-refractivity contribution in [1.82, 2.24) is 15.5 Å². The zero-order valence-corrected chi connectivity index (χ0v) is 14.8. The second-order valence-electron chi connectivity index (χ2n) is 6.23. The van der Waals surface area contributed by atoms with E-state index in [1.54, 1.807) is 18.2 Å². The third kappa shape index (κ3) is 5.85. The van der Waals surface area contributed by atoms with Crippen LogP contribution in [0.1, 0.15) is 44.7 Å². The van der Waals surface area contributed by atoms with Crippen LogP contribution in [0.25, 0.3) is 0 Å². The Hall–Kier alpha value is -1.89. The normalized spacial score (nSPS) is 19.5. The number of ether oxygens (including phenoxy) is 1. The van der Waals surface area contributed by atoms with Crippen molar-refractivity contribution in [2.45, 2.75) is 51.8 Å². The second-order valence-corrected chi connectivity index (χ2v) is 6.23. The molecule has 0 aliphatic carbocycles. The molecular formula is C18H27F2N3O2. The predicted octanol–water partition coefficient (Wildman–Crippen LogP) is 3.52. The number of likely N-dealkylation sites (tertiary alicyclic amines) is 1. The van der Waals surface area contributed by atoms with Gasteiger partial charge in [-0.1, -0.05) is 32.0 Å². The summed E-state index contributed by atoms with van der Waals surface area (Å²) < 4.78 is 29.7. The van der Waals surface area contributed by atoms with E-state index in [0.717, 1.165) is 32.5 Å². The molecule has 2 amide bonds. The molecule has 1 aromatic rings. The first kappa shape index (κ1) is 19.4. The van der Waals surface area contributed by atoms with Crippen molar-refractivity contribution in [3.8, 4) is 5.75 Å². The smallest absolute Gasteiger partial charge is 0.387 e. The number of rotatable bonds is 7. The summed E-state index contributed by atoms with van der Waals surface area (Å²) >= 11 is 0. The van der Waals surface area contributed by atoms with Crippen molar-refractivity contribution in [2.75, 3.05) is 19.6 Å². The Bertz CT molecular complexity index is 557. The predicted molar refractivity (Wildman–Crippen MR) is 92.9 cm³/mol. The lowest BCUT2D eigenvalue weighted by Crippen LogP contribution is -2.50. The van der Waals surface area contributed by atoms with Gasteiger partial charge in [0.15, 0.2) is 0 Å². The number of hydrogen-bond acceptors (Lipinski definition) is 3. The van der Waals surface area contributed by atoms with Crippen LogP contribution in [0.15, 0.2) is 24.3 Å². The lowest BCUT2D eigenvalue weighted by atomic mass is 10.0. The molecule has 0 bridgehead atoms. The zero-order valence-electron chi connectivity index (χ0n) is 14.8. The highest BCUT2D eigenvalue weighted by atomic mass is 19.3. The molecule has 1 aliphatic rings. The average molecular weight is 355 g/mol. The third-order valence-corrected chi connectivity index (χ3v) is 4.51. The van der Waals surface area contributed by atoms with Gasteiger partial charge in [-0.2, -0.15) is 8.78 Å². The highest BCUT2D eigenvalue weighted by Crippen LogP contribution is 2.28. The maximum Gasteiger partial charge on any atom is 0.387 e. The van der Waals surface area contributed by atoms with E-state index in [1.165, 1.54) is 6.07 Å². The molecule has 140 valence electrons. The van der Waals surface area contributed by atoms with Gasteiger partial charge in [0.1, 0.15) is 5.75 Å². The Morgan fingerprint density at radius 3 is 2.80 bits per heavy atom. The number of carbonyl (C=O) groups excluding carboxylic acids is 1. The largest absolute Gasteiger partial charge is 0.434 e. The fourth-order valence-corrected chi connectivity index (χ4v) is 3.22. The van der Waals surface area contributed by atoms with Crippen LogP contribution in [0.5, 0.6) is 5.75 Å². The van der Waals surface area contributed by atoms with E-state index in [-0.39, 0.29) is 23.9 Å². The third-order valence-electron chi connectivity index (χ3n) is 4.51. The van der Waals surface area contributed by atoms with Gasteiger partial charge in [-0.05, 0) is 38.4 Å². The molecule has 1 saturated heterocycles. The van der Waals surface area contributed by atoms with Crippen molar-refractivity contribution in [1.29, 1.82) is 0 Å². The van der Waals surface area contributed by atoms with Crippen LogP contribution in [0.3, 0.4) is 0 Å².